The van der Waals surface area contributed by atoms with Crippen molar-refractivity contribution in [1.29, 1.82) is 0 Å². The Morgan fingerprint density at radius 3 is 2.33 bits per heavy atom. The summed E-state index contributed by atoms with van der Waals surface area (Å²) in [5.41, 5.74) is 2.53. The van der Waals surface area contributed by atoms with Gasteiger partial charge in [-0.15, -0.1) is 0 Å². The Morgan fingerprint density at radius 2 is 1.60 bits per heavy atom. The minimum Gasteiger partial charge on any atom is -0.292 e. The van der Waals surface area contributed by atoms with Gasteiger partial charge >= 0.3 is 0 Å². The fourth-order valence-corrected chi connectivity index (χ4v) is 3.29. The van der Waals surface area contributed by atoms with Crippen LogP contribution in [0.4, 0.5) is 5.69 Å². The molecule has 1 heterocycles. The molecular weight excluding hydrogens is 378 g/mol. The van der Waals surface area contributed by atoms with Crippen LogP contribution < -0.4 is 5.56 Å². The monoisotopic (exact) mass is 397 g/mol. The quantitative estimate of drug-likeness (QED) is 0.348. The Kier molecular flexibility index (Phi) is 5.48. The highest BCUT2D eigenvalue weighted by atomic mass is 16.6. The zero-order chi connectivity index (χ0) is 20.9. The lowest BCUT2D eigenvalue weighted by atomic mass is 10.1. The Labute approximate surface area is 172 Å². The van der Waals surface area contributed by atoms with Gasteiger partial charge in [0.25, 0.3) is 11.2 Å². The van der Waals surface area contributed by atoms with Gasteiger partial charge in [-0.05, 0) is 47.9 Å². The van der Waals surface area contributed by atoms with Crippen molar-refractivity contribution in [2.45, 2.75) is 13.0 Å². The number of aromatic nitrogens is 2. The predicted octanol–water partition coefficient (Wildman–Crippen LogP) is 4.72. The number of para-hydroxylation sites is 1. The maximum absolute atomic E-state index is 13.1. The van der Waals surface area contributed by atoms with Crippen molar-refractivity contribution in [3.05, 3.63) is 116 Å². The zero-order valence-corrected chi connectivity index (χ0v) is 16.1. The second kappa shape index (κ2) is 8.53. The van der Waals surface area contributed by atoms with E-state index in [1.165, 1.54) is 12.1 Å². The summed E-state index contributed by atoms with van der Waals surface area (Å²) in [6, 6.07) is 23.5. The molecule has 6 nitrogen and oxygen atoms in total. The maximum atomic E-state index is 13.1. The van der Waals surface area contributed by atoms with Crippen molar-refractivity contribution < 1.29 is 4.92 Å². The van der Waals surface area contributed by atoms with E-state index in [2.05, 4.69) is 4.98 Å². The highest BCUT2D eigenvalue weighted by Gasteiger charge is 2.09. The maximum Gasteiger partial charge on any atom is 0.269 e. The van der Waals surface area contributed by atoms with Crippen LogP contribution in [0.15, 0.2) is 83.7 Å². The van der Waals surface area contributed by atoms with E-state index in [9.17, 15) is 14.9 Å². The lowest BCUT2D eigenvalue weighted by molar-refractivity contribution is -0.384. The smallest absolute Gasteiger partial charge is 0.269 e. The summed E-state index contributed by atoms with van der Waals surface area (Å²) in [5, 5.41) is 11.4. The molecule has 0 N–H and O–H groups in total. The first-order valence-corrected chi connectivity index (χ1v) is 9.58. The van der Waals surface area contributed by atoms with E-state index in [0.29, 0.717) is 29.7 Å². The first-order valence-electron chi connectivity index (χ1n) is 9.58. The number of nitro benzene ring substituents is 1. The fourth-order valence-electron chi connectivity index (χ4n) is 3.29. The summed E-state index contributed by atoms with van der Waals surface area (Å²) in [6.07, 6.45) is 4.29. The van der Waals surface area contributed by atoms with E-state index in [1.807, 2.05) is 48.5 Å². The largest absolute Gasteiger partial charge is 0.292 e. The van der Waals surface area contributed by atoms with Crippen LogP contribution in [0, 0.1) is 10.1 Å². The number of aryl methyl sites for hydroxylation is 1. The first kappa shape index (κ1) is 19.3. The third-order valence-electron chi connectivity index (χ3n) is 4.89. The van der Waals surface area contributed by atoms with Crippen molar-refractivity contribution in [2.75, 3.05) is 0 Å². The third kappa shape index (κ3) is 4.17. The third-order valence-corrected chi connectivity index (χ3v) is 4.89. The van der Waals surface area contributed by atoms with Crippen LogP contribution in [-0.2, 0) is 13.0 Å². The van der Waals surface area contributed by atoms with E-state index in [1.54, 1.807) is 34.9 Å². The van der Waals surface area contributed by atoms with Crippen molar-refractivity contribution in [3.63, 3.8) is 0 Å². The van der Waals surface area contributed by atoms with Gasteiger partial charge in [-0.25, -0.2) is 4.98 Å². The Morgan fingerprint density at radius 1 is 0.900 bits per heavy atom. The molecule has 4 aromatic rings. The summed E-state index contributed by atoms with van der Waals surface area (Å²) in [4.78, 5) is 28.2. The van der Waals surface area contributed by atoms with E-state index in [0.717, 1.165) is 11.1 Å². The molecule has 4 rings (SSSR count). The molecule has 0 saturated carbocycles. The minimum atomic E-state index is -0.431. The van der Waals surface area contributed by atoms with E-state index < -0.39 is 4.92 Å². The van der Waals surface area contributed by atoms with E-state index in [4.69, 9.17) is 0 Å². The van der Waals surface area contributed by atoms with Crippen molar-refractivity contribution in [2.24, 2.45) is 0 Å². The number of hydrogen-bond donors (Lipinski definition) is 0. The number of benzene rings is 3. The van der Waals surface area contributed by atoms with Crippen LogP contribution >= 0.6 is 0 Å². The molecule has 0 amide bonds. The molecule has 0 fully saturated rings. The van der Waals surface area contributed by atoms with Gasteiger partial charge in [0.05, 0.1) is 15.8 Å². The fraction of sp³-hybridized carbons (Fsp3) is 0.0833. The van der Waals surface area contributed by atoms with Gasteiger partial charge in [-0.2, -0.15) is 0 Å². The molecule has 6 heteroatoms. The van der Waals surface area contributed by atoms with Crippen LogP contribution in [0.1, 0.15) is 17.0 Å². The Hall–Kier alpha value is -4.06. The van der Waals surface area contributed by atoms with Crippen molar-refractivity contribution >= 4 is 28.7 Å². The van der Waals surface area contributed by atoms with Gasteiger partial charge < -0.3 is 0 Å². The predicted molar refractivity (Wildman–Crippen MR) is 118 cm³/mol. The highest BCUT2D eigenvalue weighted by molar-refractivity contribution is 5.79. The van der Waals surface area contributed by atoms with Crippen molar-refractivity contribution in [1.82, 2.24) is 9.55 Å². The van der Waals surface area contributed by atoms with Gasteiger partial charge in [-0.1, -0.05) is 48.5 Å². The molecule has 0 radical (unpaired) electrons. The second-order valence-electron chi connectivity index (χ2n) is 6.86. The van der Waals surface area contributed by atoms with Gasteiger partial charge in [0.15, 0.2) is 0 Å². The Balaban J connectivity index is 1.71. The van der Waals surface area contributed by atoms with Crippen LogP contribution in [-0.4, -0.2) is 14.5 Å². The van der Waals surface area contributed by atoms with Gasteiger partial charge in [-0.3, -0.25) is 19.5 Å². The molecular formula is C24H19N3O3. The minimum absolute atomic E-state index is 0.0377. The zero-order valence-electron chi connectivity index (χ0n) is 16.1. The Bertz CT molecular complexity index is 1280. The second-order valence-corrected chi connectivity index (χ2v) is 6.86. The number of nitro groups is 1. The molecule has 0 spiro atoms. The van der Waals surface area contributed by atoms with Gasteiger partial charge in [0.2, 0.25) is 0 Å². The molecule has 0 aliphatic rings. The lowest BCUT2D eigenvalue weighted by Crippen LogP contribution is -2.24. The normalized spacial score (nSPS) is 11.2. The van der Waals surface area contributed by atoms with E-state index in [-0.39, 0.29) is 11.2 Å². The molecule has 3 aromatic carbocycles. The molecule has 0 bridgehead atoms. The first-order chi connectivity index (χ1) is 14.6. The number of rotatable bonds is 6. The number of fused-ring (bicyclic) bond motifs is 1. The molecule has 0 aliphatic heterocycles. The molecule has 30 heavy (non-hydrogen) atoms. The highest BCUT2D eigenvalue weighted by Crippen LogP contribution is 2.15. The van der Waals surface area contributed by atoms with Gasteiger partial charge in [0.1, 0.15) is 5.82 Å². The summed E-state index contributed by atoms with van der Waals surface area (Å²) in [5.74, 6) is 0.549. The average molecular weight is 397 g/mol. The lowest BCUT2D eigenvalue weighted by Gasteiger charge is -2.11. The van der Waals surface area contributed by atoms with Gasteiger partial charge in [0, 0.05) is 18.7 Å². The molecule has 0 aliphatic carbocycles. The summed E-state index contributed by atoms with van der Waals surface area (Å²) < 4.78 is 1.68. The van der Waals surface area contributed by atoms with Crippen molar-refractivity contribution in [3.8, 4) is 0 Å². The summed E-state index contributed by atoms with van der Waals surface area (Å²) >= 11 is 0. The van der Waals surface area contributed by atoms with E-state index >= 15 is 0 Å². The number of hydrogen-bond acceptors (Lipinski definition) is 4. The average Bonchev–Trinajstić information content (AvgIpc) is 2.78. The standard InChI is InChI=1S/C24H19N3O3/c28-24-21-8-4-5-9-22(21)25-23(26(24)17-16-18-6-2-1-3-7-18)15-12-19-10-13-20(14-11-19)27(29)30/h1-15H,16-17H2/b15-12+. The summed E-state index contributed by atoms with van der Waals surface area (Å²) in [6.45, 7) is 0.501. The number of nitrogens with zero attached hydrogens (tertiary/aromatic N) is 3. The molecule has 0 unspecified atom stereocenters. The molecule has 148 valence electrons. The molecule has 0 saturated heterocycles. The van der Waals surface area contributed by atoms with Crippen LogP contribution in [0.5, 0.6) is 0 Å². The topological polar surface area (TPSA) is 78.0 Å². The van der Waals surface area contributed by atoms with Crippen LogP contribution in [0.25, 0.3) is 23.1 Å². The summed E-state index contributed by atoms with van der Waals surface area (Å²) in [7, 11) is 0. The van der Waals surface area contributed by atoms with Crippen LogP contribution in [0.2, 0.25) is 0 Å². The molecule has 0 atom stereocenters. The molecule has 1 aromatic heterocycles. The van der Waals surface area contributed by atoms with Crippen LogP contribution in [0.3, 0.4) is 0 Å². The number of non-ortho nitro benzene ring substituents is 1. The SMILES string of the molecule is O=c1c2ccccc2nc(/C=C/c2ccc([N+](=O)[O-])cc2)n1CCc1ccccc1.